The van der Waals surface area contributed by atoms with E-state index in [0.29, 0.717) is 0 Å². The molecule has 6 heteroatoms. The van der Waals surface area contributed by atoms with Crippen molar-refractivity contribution in [2.45, 2.75) is 19.8 Å². The number of ether oxygens (including phenoxy) is 2. The minimum atomic E-state index is -1.19. The van der Waals surface area contributed by atoms with E-state index in [9.17, 15) is 14.4 Å². The number of hydrogen-bond donors (Lipinski definition) is 1. The molecule has 1 aromatic rings. The standard InChI is InChI=1S/C16H15FN2O3/c1-3-21-15-9(2)22-16(19)11(8-18)13(14(15)20)10-6-4-5-7-12(10)17/h4-7,13H,3,19H2,1-2H3. The summed E-state index contributed by atoms with van der Waals surface area (Å²) in [6, 6.07) is 7.58. The molecular formula is C16H15FN2O3. The predicted molar refractivity (Wildman–Crippen MR) is 76.4 cm³/mol. The van der Waals surface area contributed by atoms with Gasteiger partial charge in [-0.25, -0.2) is 4.39 Å². The highest BCUT2D eigenvalue weighted by Gasteiger charge is 2.37. The first-order chi connectivity index (χ1) is 10.5. The molecule has 0 bridgehead atoms. The molecule has 1 heterocycles. The highest BCUT2D eigenvalue weighted by atomic mass is 19.1. The molecule has 0 fully saturated rings. The normalized spacial score (nSPS) is 18.6. The maximum Gasteiger partial charge on any atom is 0.213 e. The lowest BCUT2D eigenvalue weighted by atomic mass is 9.87. The number of nitriles is 1. The van der Waals surface area contributed by atoms with Gasteiger partial charge in [0.05, 0.1) is 12.5 Å². The summed E-state index contributed by atoms with van der Waals surface area (Å²) in [5, 5.41) is 9.33. The Hall–Kier alpha value is -2.81. The Morgan fingerprint density at radius 1 is 1.45 bits per heavy atom. The summed E-state index contributed by atoms with van der Waals surface area (Å²) < 4.78 is 24.7. The summed E-state index contributed by atoms with van der Waals surface area (Å²) in [5.74, 6) is -2.47. The highest BCUT2D eigenvalue weighted by Crippen LogP contribution is 2.35. The van der Waals surface area contributed by atoms with Gasteiger partial charge in [-0.2, -0.15) is 5.26 Å². The Bertz CT molecular complexity index is 716. The summed E-state index contributed by atoms with van der Waals surface area (Å²) in [5.41, 5.74) is 5.67. The lowest BCUT2D eigenvalue weighted by Gasteiger charge is -2.16. The van der Waals surface area contributed by atoms with Crippen LogP contribution in [0.3, 0.4) is 0 Å². The maximum absolute atomic E-state index is 14.1. The van der Waals surface area contributed by atoms with Crippen LogP contribution in [-0.2, 0) is 14.3 Å². The van der Waals surface area contributed by atoms with E-state index in [1.54, 1.807) is 13.0 Å². The molecular weight excluding hydrogens is 287 g/mol. The average molecular weight is 302 g/mol. The summed E-state index contributed by atoms with van der Waals surface area (Å²) in [4.78, 5) is 12.7. The monoisotopic (exact) mass is 302 g/mol. The molecule has 114 valence electrons. The first-order valence-electron chi connectivity index (χ1n) is 6.71. The molecule has 0 saturated carbocycles. The third kappa shape index (κ3) is 2.66. The van der Waals surface area contributed by atoms with Crippen LogP contribution >= 0.6 is 0 Å². The van der Waals surface area contributed by atoms with Gasteiger partial charge in [-0.05, 0) is 19.9 Å². The number of ketones is 1. The number of allylic oxidation sites excluding steroid dienone is 3. The summed E-state index contributed by atoms with van der Waals surface area (Å²) >= 11 is 0. The third-order valence-corrected chi connectivity index (χ3v) is 3.25. The second kappa shape index (κ2) is 6.31. The van der Waals surface area contributed by atoms with Gasteiger partial charge in [0.15, 0.2) is 0 Å². The SMILES string of the molecule is CCOC1=C(C)OC(N)=C(C#N)C(c2ccccc2F)C1=O. The van der Waals surface area contributed by atoms with Gasteiger partial charge in [-0.15, -0.1) is 0 Å². The number of hydrogen-bond acceptors (Lipinski definition) is 5. The van der Waals surface area contributed by atoms with E-state index >= 15 is 0 Å². The molecule has 1 atom stereocenters. The molecule has 0 aromatic heterocycles. The number of Topliss-reactive ketones (excluding diaryl/α,β-unsaturated/α-hetero) is 1. The number of carbonyl (C=O) groups is 1. The molecule has 2 rings (SSSR count). The van der Waals surface area contributed by atoms with Gasteiger partial charge in [0.2, 0.25) is 17.4 Å². The lowest BCUT2D eigenvalue weighted by molar-refractivity contribution is -0.119. The van der Waals surface area contributed by atoms with Crippen molar-refractivity contribution in [1.82, 2.24) is 0 Å². The zero-order valence-corrected chi connectivity index (χ0v) is 12.2. The number of nitrogens with zero attached hydrogens (tertiary/aromatic N) is 1. The Kier molecular flexibility index (Phi) is 4.47. The molecule has 1 unspecified atom stereocenters. The number of carbonyl (C=O) groups excluding carboxylic acids is 1. The molecule has 0 saturated heterocycles. The Morgan fingerprint density at radius 3 is 2.73 bits per heavy atom. The average Bonchev–Trinajstić information content (AvgIpc) is 2.57. The zero-order chi connectivity index (χ0) is 16.3. The van der Waals surface area contributed by atoms with Crippen molar-refractivity contribution in [2.24, 2.45) is 5.73 Å². The van der Waals surface area contributed by atoms with Crippen molar-refractivity contribution in [3.8, 4) is 6.07 Å². The second-order valence-electron chi connectivity index (χ2n) is 4.63. The fourth-order valence-electron chi connectivity index (χ4n) is 2.29. The molecule has 1 aromatic carbocycles. The van der Waals surface area contributed by atoms with Crippen LogP contribution in [-0.4, -0.2) is 12.4 Å². The number of nitrogens with two attached hydrogens (primary N) is 1. The van der Waals surface area contributed by atoms with Crippen molar-refractivity contribution in [3.05, 3.63) is 58.6 Å². The summed E-state index contributed by atoms with van der Waals surface area (Å²) in [7, 11) is 0. The molecule has 22 heavy (non-hydrogen) atoms. The lowest BCUT2D eigenvalue weighted by Crippen LogP contribution is -2.20. The number of benzene rings is 1. The largest absolute Gasteiger partial charge is 0.487 e. The van der Waals surface area contributed by atoms with Crippen molar-refractivity contribution >= 4 is 5.78 Å². The Balaban J connectivity index is 2.66. The van der Waals surface area contributed by atoms with E-state index in [-0.39, 0.29) is 35.1 Å². The number of rotatable bonds is 3. The smallest absolute Gasteiger partial charge is 0.213 e. The quantitative estimate of drug-likeness (QED) is 0.927. The maximum atomic E-state index is 14.1. The van der Waals surface area contributed by atoms with Crippen LogP contribution in [0.4, 0.5) is 4.39 Å². The van der Waals surface area contributed by atoms with Crippen molar-refractivity contribution in [3.63, 3.8) is 0 Å². The molecule has 2 N–H and O–H groups in total. The molecule has 1 aliphatic heterocycles. The number of halogens is 1. The molecule has 0 amide bonds. The second-order valence-corrected chi connectivity index (χ2v) is 4.63. The van der Waals surface area contributed by atoms with E-state index in [4.69, 9.17) is 15.2 Å². The van der Waals surface area contributed by atoms with Gasteiger partial charge in [0.25, 0.3) is 0 Å². The van der Waals surface area contributed by atoms with Crippen molar-refractivity contribution in [2.75, 3.05) is 6.61 Å². The molecule has 0 radical (unpaired) electrons. The highest BCUT2D eigenvalue weighted by molar-refractivity contribution is 6.02. The topological polar surface area (TPSA) is 85.3 Å². The van der Waals surface area contributed by atoms with Crippen molar-refractivity contribution in [1.29, 1.82) is 5.26 Å². The van der Waals surface area contributed by atoms with Crippen LogP contribution in [0.2, 0.25) is 0 Å². The van der Waals surface area contributed by atoms with E-state index in [0.717, 1.165) is 0 Å². The fraction of sp³-hybridized carbons (Fsp3) is 0.250. The minimum absolute atomic E-state index is 0.0519. The van der Waals surface area contributed by atoms with Crippen LogP contribution in [0.1, 0.15) is 25.3 Å². The minimum Gasteiger partial charge on any atom is -0.487 e. The molecule has 1 aliphatic rings. The van der Waals surface area contributed by atoms with Gasteiger partial charge >= 0.3 is 0 Å². The van der Waals surface area contributed by atoms with Gasteiger partial charge in [0, 0.05) is 5.56 Å². The fourth-order valence-corrected chi connectivity index (χ4v) is 2.29. The van der Waals surface area contributed by atoms with Crippen LogP contribution < -0.4 is 5.73 Å². The first-order valence-corrected chi connectivity index (χ1v) is 6.71. The van der Waals surface area contributed by atoms with Crippen LogP contribution in [0.25, 0.3) is 0 Å². The van der Waals surface area contributed by atoms with Crippen LogP contribution in [0.15, 0.2) is 47.2 Å². The molecule has 5 nitrogen and oxygen atoms in total. The predicted octanol–water partition coefficient (Wildman–Crippen LogP) is 2.47. The van der Waals surface area contributed by atoms with E-state index in [1.165, 1.54) is 25.1 Å². The van der Waals surface area contributed by atoms with Crippen molar-refractivity contribution < 1.29 is 18.7 Å². The Labute approximate surface area is 127 Å². The van der Waals surface area contributed by atoms with E-state index in [1.807, 2.05) is 6.07 Å². The summed E-state index contributed by atoms with van der Waals surface area (Å²) in [6.45, 7) is 3.45. The van der Waals surface area contributed by atoms with E-state index < -0.39 is 17.5 Å². The molecule has 0 aliphatic carbocycles. The van der Waals surface area contributed by atoms with Crippen LogP contribution in [0.5, 0.6) is 0 Å². The van der Waals surface area contributed by atoms with E-state index in [2.05, 4.69) is 0 Å². The van der Waals surface area contributed by atoms with Gasteiger partial charge in [-0.1, -0.05) is 18.2 Å². The Morgan fingerprint density at radius 2 is 2.14 bits per heavy atom. The first kappa shape index (κ1) is 15.6. The molecule has 0 spiro atoms. The van der Waals surface area contributed by atoms with Crippen LogP contribution in [0, 0.1) is 17.1 Å². The third-order valence-electron chi connectivity index (χ3n) is 3.25. The van der Waals surface area contributed by atoms with Gasteiger partial charge in [0.1, 0.15) is 23.2 Å². The summed E-state index contributed by atoms with van der Waals surface area (Å²) in [6.07, 6.45) is 0. The van der Waals surface area contributed by atoms with Gasteiger partial charge in [-0.3, -0.25) is 4.79 Å². The van der Waals surface area contributed by atoms with Gasteiger partial charge < -0.3 is 15.2 Å². The zero-order valence-electron chi connectivity index (χ0n) is 12.2.